The molecule has 2 N–H and O–H groups in total. The Morgan fingerprint density at radius 3 is 2.83 bits per heavy atom. The van der Waals surface area contributed by atoms with Gasteiger partial charge in [0.05, 0.1) is 16.5 Å². The fraction of sp³-hybridized carbons (Fsp3) is 0.583. The fourth-order valence-corrected chi connectivity index (χ4v) is 2.78. The van der Waals surface area contributed by atoms with Gasteiger partial charge in [0.15, 0.2) is 0 Å². The molecule has 0 aliphatic rings. The second-order valence-corrected chi connectivity index (χ2v) is 5.82. The molecule has 1 aromatic heterocycles. The van der Waals surface area contributed by atoms with Crippen molar-refractivity contribution < 1.29 is 9.90 Å². The number of rotatable bonds is 7. The first-order valence-electron chi connectivity index (χ1n) is 5.86. The van der Waals surface area contributed by atoms with E-state index in [1.807, 2.05) is 11.4 Å². The number of nitrogens with one attached hydrogen (secondary N) is 1. The molecule has 2 atom stereocenters. The maximum Gasteiger partial charge on any atom is 0.235 e. The van der Waals surface area contributed by atoms with Gasteiger partial charge < -0.3 is 10.4 Å². The molecule has 3 nitrogen and oxygen atoms in total. The standard InChI is InChI=1S/C12H17Cl2NO2S/c1-2-3-4-9(16)11(15-10(17)7-13)8-5-6-18-12(8)14/h5-6,9,11,16H,2-4,7H2,1H3,(H,15,17)/t9-,11-/m1/s1. The largest absolute Gasteiger partial charge is 0.391 e. The highest BCUT2D eigenvalue weighted by Gasteiger charge is 2.25. The minimum atomic E-state index is -0.649. The molecule has 1 amide bonds. The minimum Gasteiger partial charge on any atom is -0.391 e. The number of unbranched alkanes of at least 4 members (excludes halogenated alkanes) is 1. The van der Waals surface area contributed by atoms with Gasteiger partial charge >= 0.3 is 0 Å². The van der Waals surface area contributed by atoms with E-state index in [0.717, 1.165) is 18.4 Å². The number of carbonyl (C=O) groups excluding carboxylic acids is 1. The molecule has 1 rings (SSSR count). The molecule has 0 aliphatic carbocycles. The summed E-state index contributed by atoms with van der Waals surface area (Å²) in [5.41, 5.74) is 0.753. The third-order valence-corrected chi connectivity index (χ3v) is 4.10. The second-order valence-electron chi connectivity index (χ2n) is 4.04. The Labute approximate surface area is 121 Å². The Morgan fingerprint density at radius 1 is 1.61 bits per heavy atom. The first-order valence-corrected chi connectivity index (χ1v) is 7.65. The average molecular weight is 310 g/mol. The number of hydrogen-bond donors (Lipinski definition) is 2. The molecule has 1 heterocycles. The Bertz CT molecular complexity index is 384. The van der Waals surface area contributed by atoms with Crippen LogP contribution in [0.3, 0.4) is 0 Å². The number of halogens is 2. The lowest BCUT2D eigenvalue weighted by Gasteiger charge is -2.23. The van der Waals surface area contributed by atoms with Crippen molar-refractivity contribution in [3.8, 4) is 0 Å². The van der Waals surface area contributed by atoms with Crippen LogP contribution in [0.2, 0.25) is 4.34 Å². The van der Waals surface area contributed by atoms with Crippen molar-refractivity contribution in [2.45, 2.75) is 38.3 Å². The molecular weight excluding hydrogens is 293 g/mol. The van der Waals surface area contributed by atoms with Gasteiger partial charge in [-0.25, -0.2) is 0 Å². The molecule has 0 aliphatic heterocycles. The molecule has 6 heteroatoms. The zero-order chi connectivity index (χ0) is 13.5. The Balaban J connectivity index is 2.81. The van der Waals surface area contributed by atoms with Crippen LogP contribution in [0.15, 0.2) is 11.4 Å². The molecular formula is C12H17Cl2NO2S. The van der Waals surface area contributed by atoms with Crippen LogP contribution in [0, 0.1) is 0 Å². The molecule has 0 spiro atoms. The zero-order valence-corrected chi connectivity index (χ0v) is 12.5. The lowest BCUT2D eigenvalue weighted by molar-refractivity contribution is -0.120. The van der Waals surface area contributed by atoms with E-state index in [0.29, 0.717) is 10.8 Å². The lowest BCUT2D eigenvalue weighted by Crippen LogP contribution is -2.36. The van der Waals surface area contributed by atoms with Crippen LogP contribution in [-0.4, -0.2) is 23.0 Å². The van der Waals surface area contributed by atoms with Crippen molar-refractivity contribution in [3.05, 3.63) is 21.3 Å². The summed E-state index contributed by atoms with van der Waals surface area (Å²) >= 11 is 12.9. The SMILES string of the molecule is CCCC[C@@H](O)[C@H](NC(=O)CCl)c1ccsc1Cl. The summed E-state index contributed by atoms with van der Waals surface area (Å²) in [7, 11) is 0. The fourth-order valence-electron chi connectivity index (χ4n) is 1.70. The number of amides is 1. The smallest absolute Gasteiger partial charge is 0.235 e. The Morgan fingerprint density at radius 2 is 2.33 bits per heavy atom. The van der Waals surface area contributed by atoms with Crippen LogP contribution in [0.5, 0.6) is 0 Å². The van der Waals surface area contributed by atoms with Crippen molar-refractivity contribution >= 4 is 40.4 Å². The molecule has 0 saturated carbocycles. The van der Waals surface area contributed by atoms with Crippen LogP contribution in [0.1, 0.15) is 37.8 Å². The summed E-state index contributed by atoms with van der Waals surface area (Å²) in [5, 5.41) is 14.7. The summed E-state index contributed by atoms with van der Waals surface area (Å²) in [5.74, 6) is -0.432. The van der Waals surface area contributed by atoms with Gasteiger partial charge in [-0.05, 0) is 17.9 Å². The highest BCUT2D eigenvalue weighted by Crippen LogP contribution is 2.31. The number of aliphatic hydroxyl groups is 1. The molecule has 102 valence electrons. The predicted molar refractivity (Wildman–Crippen MR) is 76.5 cm³/mol. The van der Waals surface area contributed by atoms with Gasteiger partial charge in [0.1, 0.15) is 5.88 Å². The molecule has 18 heavy (non-hydrogen) atoms. The molecule has 0 unspecified atom stereocenters. The number of thiophene rings is 1. The summed E-state index contributed by atoms with van der Waals surface area (Å²) in [6.45, 7) is 2.05. The summed E-state index contributed by atoms with van der Waals surface area (Å²) in [4.78, 5) is 11.4. The predicted octanol–water partition coefficient (Wildman–Crippen LogP) is 3.35. The van der Waals surface area contributed by atoms with Gasteiger partial charge in [-0.3, -0.25) is 4.79 Å². The topological polar surface area (TPSA) is 49.3 Å². The van der Waals surface area contributed by atoms with Crippen LogP contribution < -0.4 is 5.32 Å². The second kappa shape index (κ2) is 8.00. The van der Waals surface area contributed by atoms with Gasteiger partial charge in [-0.15, -0.1) is 22.9 Å². The van der Waals surface area contributed by atoms with Crippen molar-refractivity contribution in [2.24, 2.45) is 0 Å². The highest BCUT2D eigenvalue weighted by atomic mass is 35.5. The number of aliphatic hydroxyl groups excluding tert-OH is 1. The van der Waals surface area contributed by atoms with E-state index in [1.165, 1.54) is 11.3 Å². The first-order chi connectivity index (χ1) is 8.60. The third-order valence-electron chi connectivity index (χ3n) is 2.66. The maximum atomic E-state index is 11.4. The first kappa shape index (κ1) is 15.8. The molecule has 0 bridgehead atoms. The average Bonchev–Trinajstić information content (AvgIpc) is 2.78. The van der Waals surface area contributed by atoms with Crippen molar-refractivity contribution in [2.75, 3.05) is 5.88 Å². The van der Waals surface area contributed by atoms with E-state index in [2.05, 4.69) is 12.2 Å². The Hall–Kier alpha value is -0.290. The van der Waals surface area contributed by atoms with Crippen molar-refractivity contribution in [1.29, 1.82) is 0 Å². The van der Waals surface area contributed by atoms with Gasteiger partial charge in [-0.2, -0.15) is 0 Å². The summed E-state index contributed by atoms with van der Waals surface area (Å²) < 4.78 is 0.588. The minimum absolute atomic E-state index is 0.126. The van der Waals surface area contributed by atoms with Crippen LogP contribution in [-0.2, 0) is 4.79 Å². The van der Waals surface area contributed by atoms with Gasteiger partial charge in [0.25, 0.3) is 0 Å². The molecule has 0 fully saturated rings. The van der Waals surface area contributed by atoms with E-state index in [-0.39, 0.29) is 11.8 Å². The quantitative estimate of drug-likeness (QED) is 0.759. The van der Waals surface area contributed by atoms with Crippen LogP contribution >= 0.6 is 34.5 Å². The van der Waals surface area contributed by atoms with E-state index >= 15 is 0 Å². The van der Waals surface area contributed by atoms with Crippen LogP contribution in [0.4, 0.5) is 0 Å². The van der Waals surface area contributed by atoms with E-state index in [4.69, 9.17) is 23.2 Å². The van der Waals surface area contributed by atoms with E-state index < -0.39 is 12.1 Å². The van der Waals surface area contributed by atoms with Crippen molar-refractivity contribution in [1.82, 2.24) is 5.32 Å². The highest BCUT2D eigenvalue weighted by molar-refractivity contribution is 7.14. The normalized spacial score (nSPS) is 14.2. The lowest BCUT2D eigenvalue weighted by atomic mass is 10.00. The monoisotopic (exact) mass is 309 g/mol. The number of carbonyl (C=O) groups is 1. The number of hydrogen-bond acceptors (Lipinski definition) is 3. The molecule has 1 aromatic rings. The van der Waals surface area contributed by atoms with E-state index in [1.54, 1.807) is 0 Å². The van der Waals surface area contributed by atoms with E-state index in [9.17, 15) is 9.90 Å². The zero-order valence-electron chi connectivity index (χ0n) is 10.2. The van der Waals surface area contributed by atoms with Gasteiger partial charge in [0, 0.05) is 5.56 Å². The van der Waals surface area contributed by atoms with Gasteiger partial charge in [0.2, 0.25) is 5.91 Å². The molecule has 0 radical (unpaired) electrons. The summed E-state index contributed by atoms with van der Waals surface area (Å²) in [6.07, 6.45) is 1.86. The number of alkyl halides is 1. The maximum absolute atomic E-state index is 11.4. The Kier molecular flexibility index (Phi) is 7.00. The van der Waals surface area contributed by atoms with Gasteiger partial charge in [-0.1, -0.05) is 31.4 Å². The third kappa shape index (κ3) is 4.43. The molecule has 0 saturated heterocycles. The van der Waals surface area contributed by atoms with Crippen LogP contribution in [0.25, 0.3) is 0 Å². The molecule has 0 aromatic carbocycles. The summed E-state index contributed by atoms with van der Waals surface area (Å²) in [6, 6.07) is 1.34. The van der Waals surface area contributed by atoms with Crippen molar-refractivity contribution in [3.63, 3.8) is 0 Å².